The van der Waals surface area contributed by atoms with Crippen molar-refractivity contribution < 1.29 is 4.79 Å². The Balaban J connectivity index is 1.72. The first-order chi connectivity index (χ1) is 8.29. The number of hydrogen-bond acceptors (Lipinski definition) is 2. The van der Waals surface area contributed by atoms with Crippen LogP contribution in [0.15, 0.2) is 0 Å². The molecule has 0 spiro atoms. The van der Waals surface area contributed by atoms with Crippen molar-refractivity contribution in [1.82, 2.24) is 15.5 Å². The van der Waals surface area contributed by atoms with Gasteiger partial charge in [0.2, 0.25) is 0 Å². The third-order valence-electron chi connectivity index (χ3n) is 4.12. The molecular weight excluding hydrogens is 214 g/mol. The number of hydrogen-bond donors (Lipinski definition) is 2. The summed E-state index contributed by atoms with van der Waals surface area (Å²) in [6.45, 7) is 1.79. The molecule has 1 aliphatic carbocycles. The highest BCUT2D eigenvalue weighted by Crippen LogP contribution is 2.18. The fraction of sp³-hybridized carbons (Fsp3) is 0.923. The molecule has 1 saturated carbocycles. The highest BCUT2D eigenvalue weighted by molar-refractivity contribution is 5.74. The summed E-state index contributed by atoms with van der Waals surface area (Å²) in [6.07, 6.45) is 8.36. The van der Waals surface area contributed by atoms with Gasteiger partial charge >= 0.3 is 6.03 Å². The molecule has 0 atom stereocenters. The lowest BCUT2D eigenvalue weighted by Gasteiger charge is -2.33. The third-order valence-corrected chi connectivity index (χ3v) is 4.12. The summed E-state index contributed by atoms with van der Waals surface area (Å²) in [5, 5.41) is 6.47. The molecule has 1 heterocycles. The average molecular weight is 239 g/mol. The van der Waals surface area contributed by atoms with Crippen LogP contribution < -0.4 is 10.6 Å². The summed E-state index contributed by atoms with van der Waals surface area (Å²) in [7, 11) is 2.00. The second kappa shape index (κ2) is 6.24. The zero-order valence-corrected chi connectivity index (χ0v) is 10.9. The third kappa shape index (κ3) is 3.60. The second-order valence-electron chi connectivity index (χ2n) is 5.33. The van der Waals surface area contributed by atoms with Gasteiger partial charge in [0.1, 0.15) is 0 Å². The van der Waals surface area contributed by atoms with Gasteiger partial charge in [0, 0.05) is 25.2 Å². The topological polar surface area (TPSA) is 44.4 Å². The molecule has 0 bridgehead atoms. The van der Waals surface area contributed by atoms with E-state index in [-0.39, 0.29) is 6.03 Å². The Morgan fingerprint density at radius 2 is 1.65 bits per heavy atom. The molecule has 2 N–H and O–H groups in total. The summed E-state index contributed by atoms with van der Waals surface area (Å²) in [5.74, 6) is 0. The molecule has 0 unspecified atom stereocenters. The van der Waals surface area contributed by atoms with E-state index >= 15 is 0 Å². The van der Waals surface area contributed by atoms with E-state index in [0.29, 0.717) is 12.1 Å². The van der Waals surface area contributed by atoms with Crippen LogP contribution in [0.1, 0.15) is 44.9 Å². The van der Waals surface area contributed by atoms with E-state index in [1.165, 1.54) is 32.1 Å². The van der Waals surface area contributed by atoms with Gasteiger partial charge in [-0.3, -0.25) is 0 Å². The lowest BCUT2D eigenvalue weighted by Crippen LogP contribution is -2.50. The maximum atomic E-state index is 12.1. The Labute approximate surface area is 104 Å². The molecule has 0 radical (unpaired) electrons. The summed E-state index contributed by atoms with van der Waals surface area (Å²) < 4.78 is 0. The maximum Gasteiger partial charge on any atom is 0.317 e. The summed E-state index contributed by atoms with van der Waals surface area (Å²) in [5.41, 5.74) is 0. The number of likely N-dealkylation sites (tertiary alicyclic amines) is 1. The molecule has 0 aromatic carbocycles. The number of nitrogens with zero attached hydrogens (tertiary/aromatic N) is 1. The molecule has 4 nitrogen and oxygen atoms in total. The summed E-state index contributed by atoms with van der Waals surface area (Å²) >= 11 is 0. The maximum absolute atomic E-state index is 12.1. The monoisotopic (exact) mass is 239 g/mol. The van der Waals surface area contributed by atoms with Crippen molar-refractivity contribution in [3.63, 3.8) is 0 Å². The summed E-state index contributed by atoms with van der Waals surface area (Å²) in [4.78, 5) is 14.0. The van der Waals surface area contributed by atoms with Crippen LogP contribution in [0.25, 0.3) is 0 Å². The SMILES string of the molecule is CNC1CCN(C(=O)NC2CCCCC2)CC1. The van der Waals surface area contributed by atoms with Gasteiger partial charge in [-0.25, -0.2) is 4.79 Å². The van der Waals surface area contributed by atoms with E-state index in [2.05, 4.69) is 10.6 Å². The van der Waals surface area contributed by atoms with E-state index < -0.39 is 0 Å². The van der Waals surface area contributed by atoms with Gasteiger partial charge < -0.3 is 15.5 Å². The zero-order valence-electron chi connectivity index (χ0n) is 10.9. The molecule has 98 valence electrons. The minimum absolute atomic E-state index is 0.159. The molecule has 0 aromatic heterocycles. The number of piperidine rings is 1. The Morgan fingerprint density at radius 1 is 1.00 bits per heavy atom. The number of nitrogens with one attached hydrogen (secondary N) is 2. The largest absolute Gasteiger partial charge is 0.335 e. The van der Waals surface area contributed by atoms with Crippen LogP contribution in [-0.2, 0) is 0 Å². The van der Waals surface area contributed by atoms with E-state index in [9.17, 15) is 4.79 Å². The van der Waals surface area contributed by atoms with Crippen molar-refractivity contribution in [2.75, 3.05) is 20.1 Å². The highest BCUT2D eigenvalue weighted by Gasteiger charge is 2.23. The number of urea groups is 1. The molecule has 1 saturated heterocycles. The fourth-order valence-electron chi connectivity index (χ4n) is 2.88. The van der Waals surface area contributed by atoms with Crippen LogP contribution in [0.4, 0.5) is 4.79 Å². The van der Waals surface area contributed by atoms with Gasteiger partial charge in [0.25, 0.3) is 0 Å². The first-order valence-electron chi connectivity index (χ1n) is 7.02. The van der Waals surface area contributed by atoms with Crippen LogP contribution in [-0.4, -0.2) is 43.2 Å². The Bertz CT molecular complexity index is 243. The van der Waals surface area contributed by atoms with Crippen molar-refractivity contribution in [2.45, 2.75) is 57.0 Å². The van der Waals surface area contributed by atoms with Gasteiger partial charge in [0.05, 0.1) is 0 Å². The Hall–Kier alpha value is -0.770. The predicted octanol–water partition coefficient (Wildman–Crippen LogP) is 1.71. The van der Waals surface area contributed by atoms with E-state index in [1.54, 1.807) is 0 Å². The average Bonchev–Trinajstić information content (AvgIpc) is 2.40. The van der Waals surface area contributed by atoms with Crippen LogP contribution >= 0.6 is 0 Å². The van der Waals surface area contributed by atoms with Gasteiger partial charge in [-0.15, -0.1) is 0 Å². The first-order valence-corrected chi connectivity index (χ1v) is 7.02. The summed E-state index contributed by atoms with van der Waals surface area (Å²) in [6, 6.07) is 1.18. The van der Waals surface area contributed by atoms with Gasteiger partial charge in [0.15, 0.2) is 0 Å². The molecular formula is C13H25N3O. The van der Waals surface area contributed by atoms with E-state index in [0.717, 1.165) is 25.9 Å². The predicted molar refractivity (Wildman–Crippen MR) is 69.1 cm³/mol. The molecule has 2 rings (SSSR count). The van der Waals surface area contributed by atoms with Crippen LogP contribution in [0.3, 0.4) is 0 Å². The molecule has 17 heavy (non-hydrogen) atoms. The van der Waals surface area contributed by atoms with E-state index in [1.807, 2.05) is 11.9 Å². The van der Waals surface area contributed by atoms with Crippen molar-refractivity contribution >= 4 is 6.03 Å². The number of carbonyl (C=O) groups excluding carboxylic acids is 1. The van der Waals surface area contributed by atoms with Crippen LogP contribution in [0.2, 0.25) is 0 Å². The second-order valence-corrected chi connectivity index (χ2v) is 5.33. The van der Waals surface area contributed by atoms with Crippen LogP contribution in [0.5, 0.6) is 0 Å². The number of carbonyl (C=O) groups is 1. The first kappa shape index (κ1) is 12.7. The molecule has 4 heteroatoms. The van der Waals surface area contributed by atoms with E-state index in [4.69, 9.17) is 0 Å². The fourth-order valence-corrected chi connectivity index (χ4v) is 2.88. The smallest absolute Gasteiger partial charge is 0.317 e. The van der Waals surface area contributed by atoms with Crippen LogP contribution in [0, 0.1) is 0 Å². The molecule has 2 aliphatic rings. The minimum atomic E-state index is 0.159. The minimum Gasteiger partial charge on any atom is -0.335 e. The molecule has 0 aromatic rings. The Kier molecular flexibility index (Phi) is 4.66. The van der Waals surface area contributed by atoms with Crippen molar-refractivity contribution in [3.05, 3.63) is 0 Å². The van der Waals surface area contributed by atoms with Gasteiger partial charge in [-0.1, -0.05) is 19.3 Å². The van der Waals surface area contributed by atoms with Gasteiger partial charge in [-0.05, 0) is 32.7 Å². The molecule has 2 fully saturated rings. The van der Waals surface area contributed by atoms with Gasteiger partial charge in [-0.2, -0.15) is 0 Å². The molecule has 2 amide bonds. The quantitative estimate of drug-likeness (QED) is 0.770. The van der Waals surface area contributed by atoms with Crippen molar-refractivity contribution in [3.8, 4) is 0 Å². The van der Waals surface area contributed by atoms with Crippen molar-refractivity contribution in [2.24, 2.45) is 0 Å². The number of rotatable bonds is 2. The molecule has 1 aliphatic heterocycles. The zero-order chi connectivity index (χ0) is 12.1. The Morgan fingerprint density at radius 3 is 2.24 bits per heavy atom. The standard InChI is InChI=1S/C13H25N3O/c1-14-11-7-9-16(10-8-11)13(17)15-12-5-3-2-4-6-12/h11-12,14H,2-10H2,1H3,(H,15,17). The lowest BCUT2D eigenvalue weighted by molar-refractivity contribution is 0.171. The lowest BCUT2D eigenvalue weighted by atomic mass is 9.95. The highest BCUT2D eigenvalue weighted by atomic mass is 16.2. The normalized spacial score (nSPS) is 23.7. The number of amides is 2. The van der Waals surface area contributed by atoms with Crippen molar-refractivity contribution in [1.29, 1.82) is 0 Å².